The molecule has 1 fully saturated rings. The second kappa shape index (κ2) is 6.43. The quantitative estimate of drug-likeness (QED) is 0.882. The summed E-state index contributed by atoms with van der Waals surface area (Å²) in [5.41, 5.74) is 7.42. The van der Waals surface area contributed by atoms with Crippen LogP contribution in [0.1, 0.15) is 31.4 Å². The van der Waals surface area contributed by atoms with Gasteiger partial charge in [0.05, 0.1) is 5.60 Å². The lowest BCUT2D eigenvalue weighted by molar-refractivity contribution is -0.0572. The van der Waals surface area contributed by atoms with E-state index in [1.807, 2.05) is 26.1 Å². The van der Waals surface area contributed by atoms with Crippen LogP contribution in [0.3, 0.4) is 0 Å². The standard InChI is InChI=1S/C15H23BrN2O2/c1-11(17)13-4-3-12(9-14(13)16)18(2)10-15(19)5-7-20-8-6-15/h3-4,9,11,19H,5-8,10,17H2,1-2H3/t11-/m1/s1. The summed E-state index contributed by atoms with van der Waals surface area (Å²) in [6.45, 7) is 3.85. The summed E-state index contributed by atoms with van der Waals surface area (Å²) in [5.74, 6) is 0. The predicted octanol–water partition coefficient (Wildman–Crippen LogP) is 2.45. The maximum atomic E-state index is 10.6. The van der Waals surface area contributed by atoms with E-state index in [-0.39, 0.29) is 6.04 Å². The largest absolute Gasteiger partial charge is 0.388 e. The second-order valence-electron chi connectivity index (χ2n) is 5.69. The van der Waals surface area contributed by atoms with Crippen molar-refractivity contribution in [3.63, 3.8) is 0 Å². The first-order valence-electron chi connectivity index (χ1n) is 6.98. The molecule has 1 heterocycles. The minimum atomic E-state index is -0.653. The van der Waals surface area contributed by atoms with E-state index < -0.39 is 5.60 Å². The van der Waals surface area contributed by atoms with E-state index in [1.165, 1.54) is 0 Å². The molecule has 1 saturated heterocycles. The first-order valence-corrected chi connectivity index (χ1v) is 7.77. The Kier molecular flexibility index (Phi) is 5.07. The molecular formula is C15H23BrN2O2. The van der Waals surface area contributed by atoms with Gasteiger partial charge in [0.2, 0.25) is 0 Å². The minimum Gasteiger partial charge on any atom is -0.388 e. The number of rotatable bonds is 4. The number of likely N-dealkylation sites (N-methyl/N-ethyl adjacent to an activating group) is 1. The van der Waals surface area contributed by atoms with Gasteiger partial charge in [0.1, 0.15) is 0 Å². The Bertz CT molecular complexity index is 459. The predicted molar refractivity (Wildman–Crippen MR) is 85.0 cm³/mol. The Morgan fingerprint density at radius 2 is 2.10 bits per heavy atom. The number of nitrogens with two attached hydrogens (primary N) is 1. The Labute approximate surface area is 129 Å². The highest BCUT2D eigenvalue weighted by atomic mass is 79.9. The summed E-state index contributed by atoms with van der Waals surface area (Å²) in [6, 6.07) is 6.14. The zero-order valence-electron chi connectivity index (χ0n) is 12.1. The SMILES string of the molecule is C[C@@H](N)c1ccc(N(C)CC2(O)CCOCC2)cc1Br. The fraction of sp³-hybridized carbons (Fsp3) is 0.600. The van der Waals surface area contributed by atoms with Crippen LogP contribution >= 0.6 is 15.9 Å². The van der Waals surface area contributed by atoms with E-state index >= 15 is 0 Å². The van der Waals surface area contributed by atoms with Gasteiger partial charge < -0.3 is 20.5 Å². The number of hydrogen-bond acceptors (Lipinski definition) is 4. The van der Waals surface area contributed by atoms with Crippen LogP contribution in [0.5, 0.6) is 0 Å². The normalized spacial score (nSPS) is 19.6. The summed E-state index contributed by atoms with van der Waals surface area (Å²) in [6.07, 6.45) is 1.38. The lowest BCUT2D eigenvalue weighted by Gasteiger charge is -2.36. The molecule has 1 aromatic rings. The third kappa shape index (κ3) is 3.73. The average Bonchev–Trinajstić information content (AvgIpc) is 2.38. The van der Waals surface area contributed by atoms with E-state index in [0.29, 0.717) is 32.6 Å². The van der Waals surface area contributed by atoms with Crippen LogP contribution in [-0.4, -0.2) is 37.5 Å². The van der Waals surface area contributed by atoms with Crippen molar-refractivity contribution < 1.29 is 9.84 Å². The lowest BCUT2D eigenvalue weighted by atomic mass is 9.93. The first kappa shape index (κ1) is 15.8. The topological polar surface area (TPSA) is 58.7 Å². The Hall–Kier alpha value is -0.620. The molecule has 0 aromatic heterocycles. The van der Waals surface area contributed by atoms with Crippen molar-refractivity contribution in [2.24, 2.45) is 5.73 Å². The molecule has 112 valence electrons. The van der Waals surface area contributed by atoms with Crippen LogP contribution in [-0.2, 0) is 4.74 Å². The molecule has 0 bridgehead atoms. The van der Waals surface area contributed by atoms with Crippen molar-refractivity contribution in [2.45, 2.75) is 31.4 Å². The Morgan fingerprint density at radius 3 is 2.65 bits per heavy atom. The van der Waals surface area contributed by atoms with Gasteiger partial charge in [0.25, 0.3) is 0 Å². The van der Waals surface area contributed by atoms with Gasteiger partial charge in [-0.15, -0.1) is 0 Å². The maximum Gasteiger partial charge on any atom is 0.0865 e. The first-order chi connectivity index (χ1) is 9.41. The molecule has 2 rings (SSSR count). The molecule has 0 spiro atoms. The van der Waals surface area contributed by atoms with Gasteiger partial charge in [0, 0.05) is 55.8 Å². The zero-order chi connectivity index (χ0) is 14.8. The number of halogens is 1. The van der Waals surface area contributed by atoms with Crippen LogP contribution < -0.4 is 10.6 Å². The van der Waals surface area contributed by atoms with Crippen LogP contribution in [0.2, 0.25) is 0 Å². The van der Waals surface area contributed by atoms with Crippen molar-refractivity contribution in [1.29, 1.82) is 0 Å². The van der Waals surface area contributed by atoms with Gasteiger partial charge in [-0.25, -0.2) is 0 Å². The van der Waals surface area contributed by atoms with Crippen molar-refractivity contribution >= 4 is 21.6 Å². The highest BCUT2D eigenvalue weighted by Gasteiger charge is 2.31. The van der Waals surface area contributed by atoms with Gasteiger partial charge in [-0.1, -0.05) is 22.0 Å². The number of anilines is 1. The summed E-state index contributed by atoms with van der Waals surface area (Å²) in [7, 11) is 2.00. The van der Waals surface area contributed by atoms with E-state index in [1.54, 1.807) is 0 Å². The third-order valence-corrected chi connectivity index (χ3v) is 4.56. The number of hydrogen-bond donors (Lipinski definition) is 2. The fourth-order valence-corrected chi connectivity index (χ4v) is 3.29. The van der Waals surface area contributed by atoms with Gasteiger partial charge in [-0.05, 0) is 24.6 Å². The summed E-state index contributed by atoms with van der Waals surface area (Å²) in [5, 5.41) is 10.6. The molecule has 4 nitrogen and oxygen atoms in total. The minimum absolute atomic E-state index is 0.00316. The molecule has 0 saturated carbocycles. The highest BCUT2D eigenvalue weighted by Crippen LogP contribution is 2.29. The van der Waals surface area contributed by atoms with Crippen LogP contribution in [0.15, 0.2) is 22.7 Å². The van der Waals surface area contributed by atoms with Crippen molar-refractivity contribution in [3.8, 4) is 0 Å². The molecule has 5 heteroatoms. The van der Waals surface area contributed by atoms with Gasteiger partial charge in [-0.3, -0.25) is 0 Å². The van der Waals surface area contributed by atoms with Gasteiger partial charge in [-0.2, -0.15) is 0 Å². The van der Waals surface area contributed by atoms with Crippen LogP contribution in [0.25, 0.3) is 0 Å². The van der Waals surface area contributed by atoms with Crippen LogP contribution in [0.4, 0.5) is 5.69 Å². The van der Waals surface area contributed by atoms with Crippen molar-refractivity contribution in [2.75, 3.05) is 31.7 Å². The van der Waals surface area contributed by atoms with Gasteiger partial charge in [0.15, 0.2) is 0 Å². The van der Waals surface area contributed by atoms with E-state index in [4.69, 9.17) is 10.5 Å². The monoisotopic (exact) mass is 342 g/mol. The summed E-state index contributed by atoms with van der Waals surface area (Å²) >= 11 is 3.57. The Balaban J connectivity index is 2.09. The molecule has 0 amide bonds. The second-order valence-corrected chi connectivity index (χ2v) is 6.54. The van der Waals surface area contributed by atoms with Crippen molar-refractivity contribution in [3.05, 3.63) is 28.2 Å². The molecular weight excluding hydrogens is 320 g/mol. The zero-order valence-corrected chi connectivity index (χ0v) is 13.7. The molecule has 1 aromatic carbocycles. The Morgan fingerprint density at radius 1 is 1.45 bits per heavy atom. The molecule has 1 aliphatic heterocycles. The number of aliphatic hydroxyl groups is 1. The molecule has 0 radical (unpaired) electrons. The number of nitrogens with zero attached hydrogens (tertiary/aromatic N) is 1. The van der Waals surface area contributed by atoms with Crippen LogP contribution in [0, 0.1) is 0 Å². The third-order valence-electron chi connectivity index (χ3n) is 3.87. The van der Waals surface area contributed by atoms with E-state index in [2.05, 4.69) is 26.9 Å². The maximum absolute atomic E-state index is 10.6. The smallest absolute Gasteiger partial charge is 0.0865 e. The molecule has 0 aliphatic carbocycles. The molecule has 1 aliphatic rings. The molecule has 0 unspecified atom stereocenters. The lowest BCUT2D eigenvalue weighted by Crippen LogP contribution is -2.45. The molecule has 1 atom stereocenters. The number of ether oxygens (including phenoxy) is 1. The average molecular weight is 343 g/mol. The fourth-order valence-electron chi connectivity index (χ4n) is 2.57. The highest BCUT2D eigenvalue weighted by molar-refractivity contribution is 9.10. The van der Waals surface area contributed by atoms with Gasteiger partial charge >= 0.3 is 0 Å². The van der Waals surface area contributed by atoms with Crippen molar-refractivity contribution in [1.82, 2.24) is 0 Å². The molecule has 3 N–H and O–H groups in total. The van der Waals surface area contributed by atoms with E-state index in [9.17, 15) is 5.11 Å². The summed E-state index contributed by atoms with van der Waals surface area (Å²) < 4.78 is 6.32. The number of benzene rings is 1. The summed E-state index contributed by atoms with van der Waals surface area (Å²) in [4.78, 5) is 2.08. The molecule has 20 heavy (non-hydrogen) atoms. The van der Waals surface area contributed by atoms with E-state index in [0.717, 1.165) is 15.7 Å².